The number of ether oxygens (including phenoxy) is 1. The van der Waals surface area contributed by atoms with Crippen LogP contribution in [-0.4, -0.2) is 51.7 Å². The number of benzene rings is 1. The number of hydrogen-bond acceptors (Lipinski definition) is 5. The van der Waals surface area contributed by atoms with Crippen molar-refractivity contribution in [2.45, 2.75) is 24.4 Å². The molecule has 2 aromatic rings. The minimum absolute atomic E-state index is 0.115. The van der Waals surface area contributed by atoms with E-state index in [-0.39, 0.29) is 17.3 Å². The van der Waals surface area contributed by atoms with Crippen LogP contribution < -0.4 is 14.9 Å². The topological polar surface area (TPSA) is 92.7 Å². The zero-order valence-electron chi connectivity index (χ0n) is 15.6. The van der Waals surface area contributed by atoms with Gasteiger partial charge in [-0.3, -0.25) is 4.79 Å². The molecule has 2 N–H and O–H groups in total. The Balaban J connectivity index is 1.42. The quantitative estimate of drug-likeness (QED) is 0.774. The number of morpholine rings is 1. The highest BCUT2D eigenvalue weighted by Crippen LogP contribution is 2.19. The molecular weight excluding hydrogens is 380 g/mol. The number of hydrogen-bond donors (Lipinski definition) is 2. The van der Waals surface area contributed by atoms with Crippen molar-refractivity contribution in [3.63, 3.8) is 0 Å². The van der Waals surface area contributed by atoms with Gasteiger partial charge in [-0.25, -0.2) is 13.1 Å². The van der Waals surface area contributed by atoms with E-state index in [2.05, 4.69) is 14.9 Å². The molecule has 28 heavy (non-hydrogen) atoms. The predicted octanol–water partition coefficient (Wildman–Crippen LogP) is 0.937. The lowest BCUT2D eigenvalue weighted by Crippen LogP contribution is -2.36. The zero-order chi connectivity index (χ0) is 19.6. The van der Waals surface area contributed by atoms with Crippen LogP contribution in [0.3, 0.4) is 0 Å². The van der Waals surface area contributed by atoms with Crippen LogP contribution in [0.15, 0.2) is 41.4 Å². The monoisotopic (exact) mass is 404 g/mol. The Morgan fingerprint density at radius 2 is 1.86 bits per heavy atom. The molecule has 0 aliphatic carbocycles. The maximum Gasteiger partial charge on any atom is 0.267 e. The lowest BCUT2D eigenvalue weighted by atomic mass is 10.2. The van der Waals surface area contributed by atoms with E-state index in [0.717, 1.165) is 44.0 Å². The van der Waals surface area contributed by atoms with Gasteiger partial charge in [-0.05, 0) is 30.2 Å². The molecule has 1 aromatic carbocycles. The van der Waals surface area contributed by atoms with E-state index in [9.17, 15) is 13.2 Å². The molecule has 0 saturated carbocycles. The molecular formula is C19H24N4O4S. The Labute approximate surface area is 164 Å². The third-order valence-electron chi connectivity index (χ3n) is 5.05. The Hall–Kier alpha value is -2.36. The third-order valence-corrected chi connectivity index (χ3v) is 6.42. The average Bonchev–Trinajstić information content (AvgIpc) is 3.09. The fraction of sp³-hybridized carbons (Fsp3) is 0.421. The smallest absolute Gasteiger partial charge is 0.267 e. The molecule has 1 aromatic heterocycles. The molecule has 1 saturated heterocycles. The van der Waals surface area contributed by atoms with Gasteiger partial charge in [0, 0.05) is 44.6 Å². The summed E-state index contributed by atoms with van der Waals surface area (Å²) in [5, 5.41) is 2.77. The summed E-state index contributed by atoms with van der Waals surface area (Å²) < 4.78 is 35.0. The third kappa shape index (κ3) is 4.06. The van der Waals surface area contributed by atoms with Gasteiger partial charge >= 0.3 is 0 Å². The molecule has 2 aliphatic rings. The second-order valence-electron chi connectivity index (χ2n) is 6.95. The summed E-state index contributed by atoms with van der Waals surface area (Å²) in [4.78, 5) is 14.4. The molecule has 0 atom stereocenters. The van der Waals surface area contributed by atoms with E-state index in [1.807, 2.05) is 24.3 Å². The number of nitrogens with zero attached hydrogens (tertiary/aromatic N) is 2. The van der Waals surface area contributed by atoms with Crippen LogP contribution in [0.1, 0.15) is 22.5 Å². The highest BCUT2D eigenvalue weighted by molar-refractivity contribution is 7.89. The Morgan fingerprint density at radius 1 is 1.11 bits per heavy atom. The van der Waals surface area contributed by atoms with Crippen molar-refractivity contribution in [2.75, 3.05) is 37.7 Å². The Bertz CT molecular complexity index is 947. The number of aromatic nitrogens is 1. The molecule has 0 bridgehead atoms. The number of amides is 1. The van der Waals surface area contributed by atoms with E-state index < -0.39 is 10.0 Å². The van der Waals surface area contributed by atoms with Gasteiger partial charge in [-0.15, -0.1) is 0 Å². The van der Waals surface area contributed by atoms with Crippen molar-refractivity contribution >= 4 is 21.6 Å². The van der Waals surface area contributed by atoms with Crippen molar-refractivity contribution in [3.05, 3.63) is 47.8 Å². The summed E-state index contributed by atoms with van der Waals surface area (Å²) >= 11 is 0. The Kier molecular flexibility index (Phi) is 5.38. The van der Waals surface area contributed by atoms with Crippen LogP contribution in [-0.2, 0) is 27.8 Å². The molecule has 1 amide bonds. The number of carbonyl (C=O) groups is 1. The second kappa shape index (κ2) is 7.94. The van der Waals surface area contributed by atoms with Gasteiger partial charge in [0.2, 0.25) is 10.0 Å². The van der Waals surface area contributed by atoms with Crippen molar-refractivity contribution in [1.82, 2.24) is 14.6 Å². The fourth-order valence-electron chi connectivity index (χ4n) is 3.46. The lowest BCUT2D eigenvalue weighted by Gasteiger charge is -2.28. The largest absolute Gasteiger partial charge is 0.378 e. The normalized spacial score (nSPS) is 17.7. The van der Waals surface area contributed by atoms with Gasteiger partial charge < -0.3 is 19.5 Å². The first kappa shape index (κ1) is 19.0. The van der Waals surface area contributed by atoms with Crippen LogP contribution in [0, 0.1) is 0 Å². The first-order valence-corrected chi connectivity index (χ1v) is 10.9. The van der Waals surface area contributed by atoms with E-state index in [1.54, 1.807) is 4.57 Å². The molecule has 0 radical (unpaired) electrons. The first-order valence-electron chi connectivity index (χ1n) is 9.43. The number of nitrogens with one attached hydrogen (secondary N) is 2. The van der Waals surface area contributed by atoms with E-state index in [4.69, 9.17) is 4.74 Å². The molecule has 150 valence electrons. The number of sulfonamides is 1. The molecule has 9 heteroatoms. The summed E-state index contributed by atoms with van der Waals surface area (Å²) in [5.41, 5.74) is 2.36. The molecule has 0 unspecified atom stereocenters. The second-order valence-corrected chi connectivity index (χ2v) is 8.72. The average molecular weight is 404 g/mol. The molecule has 2 aliphatic heterocycles. The van der Waals surface area contributed by atoms with Gasteiger partial charge in [0.15, 0.2) is 0 Å². The number of aryl methyl sites for hydroxylation is 1. The molecule has 8 nitrogen and oxygen atoms in total. The summed E-state index contributed by atoms with van der Waals surface area (Å²) in [6.45, 7) is 4.58. The summed E-state index contributed by atoms with van der Waals surface area (Å²) in [6, 6.07) is 9.29. The number of rotatable bonds is 5. The number of fused-ring (bicyclic) bond motifs is 1. The van der Waals surface area contributed by atoms with Gasteiger partial charge in [0.05, 0.1) is 13.2 Å². The maximum absolute atomic E-state index is 12.7. The summed E-state index contributed by atoms with van der Waals surface area (Å²) in [5.74, 6) is -0.238. The van der Waals surface area contributed by atoms with E-state index in [1.165, 1.54) is 12.3 Å². The van der Waals surface area contributed by atoms with E-state index >= 15 is 0 Å². The van der Waals surface area contributed by atoms with Gasteiger partial charge in [0.25, 0.3) is 5.91 Å². The molecule has 1 fully saturated rings. The van der Waals surface area contributed by atoms with Crippen molar-refractivity contribution in [1.29, 1.82) is 0 Å². The number of carbonyl (C=O) groups excluding carboxylic acids is 1. The fourth-order valence-corrected chi connectivity index (χ4v) is 4.51. The highest BCUT2D eigenvalue weighted by Gasteiger charge is 2.23. The van der Waals surface area contributed by atoms with Crippen LogP contribution >= 0.6 is 0 Å². The standard InChI is InChI=1S/C19H24N4O4S/c24-19-18-12-17(14-23(18)7-1-6-20-19)28(25,26)21-13-15-2-4-16(5-3-15)22-8-10-27-11-9-22/h2-5,12,14,21H,1,6-11,13H2,(H,20,24). The maximum atomic E-state index is 12.7. The molecule has 3 heterocycles. The number of anilines is 1. The first-order chi connectivity index (χ1) is 13.5. The highest BCUT2D eigenvalue weighted by atomic mass is 32.2. The lowest BCUT2D eigenvalue weighted by molar-refractivity contribution is 0.0951. The SMILES string of the molecule is O=C1NCCCn2cc(S(=O)(=O)NCc3ccc(N4CCOCC4)cc3)cc21. The van der Waals surface area contributed by atoms with Gasteiger partial charge in [0.1, 0.15) is 10.6 Å². The van der Waals surface area contributed by atoms with E-state index in [0.29, 0.717) is 18.8 Å². The summed E-state index contributed by atoms with van der Waals surface area (Å²) in [6.07, 6.45) is 2.31. The molecule has 0 spiro atoms. The Morgan fingerprint density at radius 3 is 2.61 bits per heavy atom. The van der Waals surface area contributed by atoms with Crippen molar-refractivity contribution in [3.8, 4) is 0 Å². The molecule has 4 rings (SSSR count). The van der Waals surface area contributed by atoms with Crippen LogP contribution in [0.5, 0.6) is 0 Å². The summed E-state index contributed by atoms with van der Waals surface area (Å²) in [7, 11) is -3.70. The zero-order valence-corrected chi connectivity index (χ0v) is 16.4. The van der Waals surface area contributed by atoms with Crippen LogP contribution in [0.4, 0.5) is 5.69 Å². The van der Waals surface area contributed by atoms with Crippen LogP contribution in [0.25, 0.3) is 0 Å². The van der Waals surface area contributed by atoms with Crippen molar-refractivity contribution < 1.29 is 17.9 Å². The van der Waals surface area contributed by atoms with Crippen LogP contribution in [0.2, 0.25) is 0 Å². The van der Waals surface area contributed by atoms with Crippen molar-refractivity contribution in [2.24, 2.45) is 0 Å². The van der Waals surface area contributed by atoms with Gasteiger partial charge in [-0.1, -0.05) is 12.1 Å². The minimum atomic E-state index is -3.70. The minimum Gasteiger partial charge on any atom is -0.378 e. The predicted molar refractivity (Wildman–Crippen MR) is 105 cm³/mol. The van der Waals surface area contributed by atoms with Gasteiger partial charge in [-0.2, -0.15) is 0 Å².